The molecule has 1 saturated heterocycles. The van der Waals surface area contributed by atoms with Crippen molar-refractivity contribution in [1.82, 2.24) is 14.7 Å². The average Bonchev–Trinajstić information content (AvgIpc) is 3.25. The lowest BCUT2D eigenvalue weighted by Crippen LogP contribution is -2.50. The van der Waals surface area contributed by atoms with Gasteiger partial charge in [0.2, 0.25) is 5.91 Å². The molecule has 0 saturated carbocycles. The Hall–Kier alpha value is -3.42. The van der Waals surface area contributed by atoms with Crippen molar-refractivity contribution in [3.05, 3.63) is 60.1 Å². The first kappa shape index (κ1) is 20.3. The second-order valence-electron chi connectivity index (χ2n) is 7.78. The van der Waals surface area contributed by atoms with E-state index in [0.717, 1.165) is 10.5 Å². The van der Waals surface area contributed by atoms with E-state index in [2.05, 4.69) is 0 Å². The van der Waals surface area contributed by atoms with Crippen molar-refractivity contribution in [2.45, 2.75) is 39.4 Å². The highest BCUT2D eigenvalue weighted by Crippen LogP contribution is 2.21. The quantitative estimate of drug-likeness (QED) is 0.551. The van der Waals surface area contributed by atoms with Gasteiger partial charge in [-0.25, -0.2) is 14.6 Å². The SMILES string of the molecule is CC(C)(C)N(Cc1ccccc1)C(=O)CN1C(=O)C(=O)N(Cc2ccco2)C1=O. The molecule has 5 amide bonds. The van der Waals surface area contributed by atoms with E-state index in [1.165, 1.54) is 6.26 Å². The lowest BCUT2D eigenvalue weighted by Gasteiger charge is -2.36. The molecule has 8 heteroatoms. The number of nitrogens with zero attached hydrogens (tertiary/aromatic N) is 3. The molecule has 152 valence electrons. The lowest BCUT2D eigenvalue weighted by molar-refractivity contribution is -0.146. The van der Waals surface area contributed by atoms with Crippen LogP contribution in [-0.2, 0) is 27.5 Å². The fourth-order valence-electron chi connectivity index (χ4n) is 3.07. The van der Waals surface area contributed by atoms with Crippen molar-refractivity contribution in [2.24, 2.45) is 0 Å². The van der Waals surface area contributed by atoms with Crippen LogP contribution in [0.25, 0.3) is 0 Å². The second kappa shape index (κ2) is 7.90. The topological polar surface area (TPSA) is 91.1 Å². The number of carbonyl (C=O) groups excluding carboxylic acids is 4. The van der Waals surface area contributed by atoms with Gasteiger partial charge in [-0.2, -0.15) is 0 Å². The predicted molar refractivity (Wildman–Crippen MR) is 103 cm³/mol. The summed E-state index contributed by atoms with van der Waals surface area (Å²) in [6.45, 7) is 5.28. The first-order chi connectivity index (χ1) is 13.7. The molecule has 1 aliphatic rings. The van der Waals surface area contributed by atoms with Crippen LogP contribution in [0.4, 0.5) is 4.79 Å². The molecule has 0 radical (unpaired) electrons. The van der Waals surface area contributed by atoms with Gasteiger partial charge in [-0.1, -0.05) is 30.3 Å². The molecule has 8 nitrogen and oxygen atoms in total. The van der Waals surface area contributed by atoms with Crippen LogP contribution in [-0.4, -0.2) is 50.5 Å². The molecule has 0 spiro atoms. The van der Waals surface area contributed by atoms with Gasteiger partial charge in [0.05, 0.1) is 12.8 Å². The number of hydrogen-bond acceptors (Lipinski definition) is 5. The van der Waals surface area contributed by atoms with Crippen LogP contribution in [0, 0.1) is 0 Å². The first-order valence-electron chi connectivity index (χ1n) is 9.22. The Morgan fingerprint density at radius 1 is 0.966 bits per heavy atom. The molecule has 29 heavy (non-hydrogen) atoms. The summed E-state index contributed by atoms with van der Waals surface area (Å²) in [4.78, 5) is 53.3. The Morgan fingerprint density at radius 2 is 1.62 bits per heavy atom. The Labute approximate surface area is 168 Å². The minimum Gasteiger partial charge on any atom is -0.467 e. The van der Waals surface area contributed by atoms with E-state index >= 15 is 0 Å². The average molecular weight is 397 g/mol. The zero-order valence-corrected chi connectivity index (χ0v) is 16.6. The smallest absolute Gasteiger partial charge is 0.335 e. The molecule has 1 aromatic carbocycles. The third-order valence-corrected chi connectivity index (χ3v) is 4.62. The summed E-state index contributed by atoms with van der Waals surface area (Å²) in [5, 5.41) is 0. The monoisotopic (exact) mass is 397 g/mol. The van der Waals surface area contributed by atoms with E-state index in [9.17, 15) is 19.2 Å². The van der Waals surface area contributed by atoms with Gasteiger partial charge in [0.1, 0.15) is 12.3 Å². The predicted octanol–water partition coefficient (Wildman–Crippen LogP) is 2.40. The van der Waals surface area contributed by atoms with Crippen molar-refractivity contribution in [3.63, 3.8) is 0 Å². The molecule has 3 rings (SSSR count). The van der Waals surface area contributed by atoms with E-state index in [0.29, 0.717) is 17.2 Å². The van der Waals surface area contributed by atoms with Crippen LogP contribution >= 0.6 is 0 Å². The summed E-state index contributed by atoms with van der Waals surface area (Å²) in [7, 11) is 0. The number of amides is 5. The van der Waals surface area contributed by atoms with Gasteiger partial charge in [-0.3, -0.25) is 14.4 Å². The Bertz CT molecular complexity index is 916. The van der Waals surface area contributed by atoms with E-state index in [-0.39, 0.29) is 6.54 Å². The van der Waals surface area contributed by atoms with Crippen molar-refractivity contribution in [1.29, 1.82) is 0 Å². The number of carbonyl (C=O) groups is 4. The van der Waals surface area contributed by atoms with Crippen LogP contribution in [0.3, 0.4) is 0 Å². The highest BCUT2D eigenvalue weighted by atomic mass is 16.3. The van der Waals surface area contributed by atoms with Gasteiger partial charge in [0.25, 0.3) is 0 Å². The molecule has 2 heterocycles. The number of furan rings is 1. The maximum Gasteiger partial charge on any atom is 0.335 e. The van der Waals surface area contributed by atoms with E-state index < -0.39 is 35.8 Å². The van der Waals surface area contributed by atoms with Gasteiger partial charge < -0.3 is 9.32 Å². The zero-order chi connectivity index (χ0) is 21.2. The summed E-state index contributed by atoms with van der Waals surface area (Å²) >= 11 is 0. The van der Waals surface area contributed by atoms with Crippen molar-refractivity contribution in [2.75, 3.05) is 6.54 Å². The van der Waals surface area contributed by atoms with Gasteiger partial charge in [-0.05, 0) is 38.5 Å². The number of urea groups is 1. The van der Waals surface area contributed by atoms with Crippen molar-refractivity contribution < 1.29 is 23.6 Å². The third kappa shape index (κ3) is 4.37. The van der Waals surface area contributed by atoms with Gasteiger partial charge in [0.15, 0.2) is 0 Å². The van der Waals surface area contributed by atoms with Crippen LogP contribution in [0.2, 0.25) is 0 Å². The molecule has 0 bridgehead atoms. The van der Waals surface area contributed by atoms with Crippen LogP contribution in [0.15, 0.2) is 53.1 Å². The molecular weight excluding hydrogens is 374 g/mol. The normalized spacial score (nSPS) is 14.7. The first-order valence-corrected chi connectivity index (χ1v) is 9.22. The molecule has 1 aromatic heterocycles. The maximum absolute atomic E-state index is 13.0. The maximum atomic E-state index is 13.0. The molecule has 0 atom stereocenters. The van der Waals surface area contributed by atoms with E-state index in [4.69, 9.17) is 4.42 Å². The van der Waals surface area contributed by atoms with Crippen molar-refractivity contribution in [3.8, 4) is 0 Å². The highest BCUT2D eigenvalue weighted by Gasteiger charge is 2.46. The summed E-state index contributed by atoms with van der Waals surface area (Å²) in [6.07, 6.45) is 1.41. The van der Waals surface area contributed by atoms with Crippen molar-refractivity contribution >= 4 is 23.8 Å². The van der Waals surface area contributed by atoms with Gasteiger partial charge >= 0.3 is 17.8 Å². The number of imide groups is 2. The summed E-state index contributed by atoms with van der Waals surface area (Å²) < 4.78 is 5.14. The third-order valence-electron chi connectivity index (χ3n) is 4.62. The van der Waals surface area contributed by atoms with E-state index in [1.54, 1.807) is 17.0 Å². The molecule has 0 N–H and O–H groups in total. The second-order valence-corrected chi connectivity index (χ2v) is 7.78. The Balaban J connectivity index is 1.75. The Morgan fingerprint density at radius 3 is 2.21 bits per heavy atom. The zero-order valence-electron chi connectivity index (χ0n) is 16.6. The Kier molecular flexibility index (Phi) is 5.54. The van der Waals surface area contributed by atoms with Crippen LogP contribution < -0.4 is 0 Å². The van der Waals surface area contributed by atoms with Gasteiger partial charge in [0, 0.05) is 12.1 Å². The number of benzene rings is 1. The molecule has 2 aromatic rings. The minimum atomic E-state index is -1.01. The summed E-state index contributed by atoms with van der Waals surface area (Å²) in [6, 6.07) is 11.8. The fourth-order valence-corrected chi connectivity index (χ4v) is 3.07. The summed E-state index contributed by atoms with van der Waals surface area (Å²) in [5.74, 6) is -2.03. The fraction of sp³-hybridized carbons (Fsp3) is 0.333. The minimum absolute atomic E-state index is 0.159. The molecular formula is C21H23N3O5. The van der Waals surface area contributed by atoms with Crippen LogP contribution in [0.1, 0.15) is 32.1 Å². The van der Waals surface area contributed by atoms with Gasteiger partial charge in [-0.15, -0.1) is 0 Å². The molecule has 1 aliphatic heterocycles. The largest absolute Gasteiger partial charge is 0.467 e. The standard InChI is InChI=1S/C21H23N3O5/c1-21(2,3)24(12-15-8-5-4-6-9-15)17(25)14-23-19(27)18(26)22(20(23)28)13-16-10-7-11-29-16/h4-11H,12-14H2,1-3H3. The number of hydrogen-bond donors (Lipinski definition) is 0. The molecule has 0 unspecified atom stereocenters. The number of rotatable bonds is 6. The summed E-state index contributed by atoms with van der Waals surface area (Å²) in [5.41, 5.74) is 0.377. The van der Waals surface area contributed by atoms with Crippen LogP contribution in [0.5, 0.6) is 0 Å². The molecule has 0 aliphatic carbocycles. The highest BCUT2D eigenvalue weighted by molar-refractivity contribution is 6.44. The lowest BCUT2D eigenvalue weighted by atomic mass is 10.0. The molecule has 1 fully saturated rings. The van der Waals surface area contributed by atoms with E-state index in [1.807, 2.05) is 51.1 Å².